The molecule has 0 aromatic carbocycles. The van der Waals surface area contributed by atoms with Crippen LogP contribution >= 0.6 is 0 Å². The molecule has 1 atom stereocenters. The molecule has 92 valence electrons. The zero-order valence-electron chi connectivity index (χ0n) is 9.98. The average molecular weight is 237 g/mol. The van der Waals surface area contributed by atoms with Gasteiger partial charge in [0.1, 0.15) is 5.76 Å². The number of carbonyl (C=O) groups is 2. The third kappa shape index (κ3) is 3.21. The standard InChI is InChI=1S/C12H15NO4/c1-7(8(2)12(15)16)11(14)13-9(3)10-5-4-6-17-10/h4-6,9H,1-3H3,(H,13,14)(H,15,16)/b8-7-. The molecule has 1 aromatic heterocycles. The molecule has 17 heavy (non-hydrogen) atoms. The molecular weight excluding hydrogens is 222 g/mol. The summed E-state index contributed by atoms with van der Waals surface area (Å²) >= 11 is 0. The van der Waals surface area contributed by atoms with E-state index in [1.807, 2.05) is 0 Å². The van der Waals surface area contributed by atoms with Crippen molar-refractivity contribution in [2.45, 2.75) is 26.8 Å². The van der Waals surface area contributed by atoms with Crippen LogP contribution in [-0.2, 0) is 9.59 Å². The van der Waals surface area contributed by atoms with E-state index in [0.29, 0.717) is 5.76 Å². The van der Waals surface area contributed by atoms with Crippen LogP contribution in [0.15, 0.2) is 34.0 Å². The largest absolute Gasteiger partial charge is 0.478 e. The van der Waals surface area contributed by atoms with Gasteiger partial charge in [-0.25, -0.2) is 4.79 Å². The summed E-state index contributed by atoms with van der Waals surface area (Å²) in [7, 11) is 0. The summed E-state index contributed by atoms with van der Waals surface area (Å²) in [6.45, 7) is 4.64. The highest BCUT2D eigenvalue weighted by molar-refractivity contribution is 6.01. The quantitative estimate of drug-likeness (QED) is 0.783. The zero-order chi connectivity index (χ0) is 13.0. The maximum absolute atomic E-state index is 11.7. The van der Waals surface area contributed by atoms with Crippen molar-refractivity contribution in [2.75, 3.05) is 0 Å². The van der Waals surface area contributed by atoms with Gasteiger partial charge in [0.05, 0.1) is 12.3 Å². The van der Waals surface area contributed by atoms with E-state index in [-0.39, 0.29) is 17.2 Å². The van der Waals surface area contributed by atoms with Crippen molar-refractivity contribution < 1.29 is 19.1 Å². The summed E-state index contributed by atoms with van der Waals surface area (Å²) in [6.07, 6.45) is 1.52. The van der Waals surface area contributed by atoms with Crippen LogP contribution in [0.3, 0.4) is 0 Å². The van der Waals surface area contributed by atoms with Gasteiger partial charge in [-0.1, -0.05) is 0 Å². The Balaban J connectivity index is 2.74. The minimum atomic E-state index is -1.09. The molecule has 0 aliphatic heterocycles. The molecule has 1 amide bonds. The number of hydrogen-bond acceptors (Lipinski definition) is 3. The Morgan fingerprint density at radius 2 is 2.00 bits per heavy atom. The lowest BCUT2D eigenvalue weighted by Crippen LogP contribution is -2.28. The normalized spacial score (nSPS) is 13.8. The molecule has 5 nitrogen and oxygen atoms in total. The minimum Gasteiger partial charge on any atom is -0.478 e. The summed E-state index contributed by atoms with van der Waals surface area (Å²) in [4.78, 5) is 22.4. The van der Waals surface area contributed by atoms with Crippen LogP contribution in [0.25, 0.3) is 0 Å². The van der Waals surface area contributed by atoms with Crippen LogP contribution in [0.5, 0.6) is 0 Å². The topological polar surface area (TPSA) is 79.5 Å². The SMILES string of the molecule is C/C(C(=O)O)=C(\C)C(=O)NC(C)c1ccco1. The highest BCUT2D eigenvalue weighted by atomic mass is 16.4. The highest BCUT2D eigenvalue weighted by Crippen LogP contribution is 2.13. The van der Waals surface area contributed by atoms with E-state index in [2.05, 4.69) is 5.32 Å². The fourth-order valence-corrected chi connectivity index (χ4v) is 1.24. The van der Waals surface area contributed by atoms with Crippen molar-refractivity contribution in [1.29, 1.82) is 0 Å². The number of furan rings is 1. The molecule has 0 bridgehead atoms. The number of carboxylic acid groups (broad SMARTS) is 1. The molecule has 1 heterocycles. The van der Waals surface area contributed by atoms with Gasteiger partial charge in [0, 0.05) is 11.1 Å². The van der Waals surface area contributed by atoms with E-state index in [9.17, 15) is 9.59 Å². The molecule has 2 N–H and O–H groups in total. The number of hydrogen-bond donors (Lipinski definition) is 2. The lowest BCUT2D eigenvalue weighted by molar-refractivity contribution is -0.133. The van der Waals surface area contributed by atoms with Crippen molar-refractivity contribution in [3.63, 3.8) is 0 Å². The predicted molar refractivity (Wildman–Crippen MR) is 61.3 cm³/mol. The van der Waals surface area contributed by atoms with E-state index in [0.717, 1.165) is 0 Å². The zero-order valence-corrected chi connectivity index (χ0v) is 9.98. The van der Waals surface area contributed by atoms with Crippen molar-refractivity contribution in [2.24, 2.45) is 0 Å². The monoisotopic (exact) mass is 237 g/mol. The second-order valence-electron chi connectivity index (χ2n) is 3.77. The molecule has 5 heteroatoms. The number of carbonyl (C=O) groups excluding carboxylic acids is 1. The minimum absolute atomic E-state index is 0.0362. The Hall–Kier alpha value is -2.04. The first-order chi connectivity index (χ1) is 7.93. The number of aliphatic carboxylic acids is 1. The molecule has 0 aliphatic rings. The van der Waals surface area contributed by atoms with Gasteiger partial charge >= 0.3 is 5.97 Å². The van der Waals surface area contributed by atoms with E-state index in [4.69, 9.17) is 9.52 Å². The Bertz CT molecular complexity index is 445. The number of carboxylic acids is 1. The Labute approximate surface area is 99.1 Å². The Morgan fingerprint density at radius 3 is 2.47 bits per heavy atom. The van der Waals surface area contributed by atoms with Crippen molar-refractivity contribution in [1.82, 2.24) is 5.32 Å². The van der Waals surface area contributed by atoms with Crippen molar-refractivity contribution in [3.8, 4) is 0 Å². The van der Waals surface area contributed by atoms with Crippen molar-refractivity contribution >= 4 is 11.9 Å². The van der Waals surface area contributed by atoms with Crippen LogP contribution in [0.1, 0.15) is 32.6 Å². The van der Waals surface area contributed by atoms with Crippen LogP contribution in [-0.4, -0.2) is 17.0 Å². The van der Waals surface area contributed by atoms with E-state index in [1.165, 1.54) is 20.1 Å². The third-order valence-electron chi connectivity index (χ3n) is 2.54. The summed E-state index contributed by atoms with van der Waals surface area (Å²) in [6, 6.07) is 3.17. The fourth-order valence-electron chi connectivity index (χ4n) is 1.24. The number of rotatable bonds is 4. The van der Waals surface area contributed by atoms with E-state index >= 15 is 0 Å². The maximum Gasteiger partial charge on any atom is 0.331 e. The fraction of sp³-hybridized carbons (Fsp3) is 0.333. The van der Waals surface area contributed by atoms with Gasteiger partial charge in [0.15, 0.2) is 0 Å². The summed E-state index contributed by atoms with van der Waals surface area (Å²) in [5.74, 6) is -0.878. The number of amides is 1. The first kappa shape index (κ1) is 13.0. The van der Waals surface area contributed by atoms with Gasteiger partial charge in [-0.15, -0.1) is 0 Å². The molecule has 0 spiro atoms. The predicted octanol–water partition coefficient (Wildman–Crippen LogP) is 1.88. The molecular formula is C12H15NO4. The third-order valence-corrected chi connectivity index (χ3v) is 2.54. The Morgan fingerprint density at radius 1 is 1.35 bits per heavy atom. The lowest BCUT2D eigenvalue weighted by Gasteiger charge is -2.12. The van der Waals surface area contributed by atoms with Crippen LogP contribution in [0.4, 0.5) is 0 Å². The first-order valence-corrected chi connectivity index (χ1v) is 5.18. The van der Waals surface area contributed by atoms with Crippen LogP contribution in [0.2, 0.25) is 0 Å². The Kier molecular flexibility index (Phi) is 4.09. The van der Waals surface area contributed by atoms with Crippen molar-refractivity contribution in [3.05, 3.63) is 35.3 Å². The molecule has 0 saturated heterocycles. The van der Waals surface area contributed by atoms with Gasteiger partial charge < -0.3 is 14.8 Å². The van der Waals surface area contributed by atoms with E-state index < -0.39 is 11.9 Å². The van der Waals surface area contributed by atoms with Gasteiger partial charge in [0.2, 0.25) is 5.91 Å². The molecule has 1 unspecified atom stereocenters. The van der Waals surface area contributed by atoms with Gasteiger partial charge in [-0.2, -0.15) is 0 Å². The van der Waals surface area contributed by atoms with Crippen LogP contribution in [0, 0.1) is 0 Å². The smallest absolute Gasteiger partial charge is 0.331 e. The molecule has 0 aliphatic carbocycles. The number of nitrogens with one attached hydrogen (secondary N) is 1. The van der Waals surface area contributed by atoms with Gasteiger partial charge in [0.25, 0.3) is 0 Å². The highest BCUT2D eigenvalue weighted by Gasteiger charge is 2.16. The van der Waals surface area contributed by atoms with E-state index in [1.54, 1.807) is 19.1 Å². The summed E-state index contributed by atoms with van der Waals surface area (Å²) in [5, 5.41) is 11.4. The first-order valence-electron chi connectivity index (χ1n) is 5.18. The maximum atomic E-state index is 11.7. The second-order valence-corrected chi connectivity index (χ2v) is 3.77. The average Bonchev–Trinajstić information content (AvgIpc) is 2.80. The molecule has 1 aromatic rings. The lowest BCUT2D eigenvalue weighted by atomic mass is 10.1. The van der Waals surface area contributed by atoms with Crippen LogP contribution < -0.4 is 5.32 Å². The molecule has 0 radical (unpaired) electrons. The second kappa shape index (κ2) is 5.34. The molecule has 1 rings (SSSR count). The van der Waals surface area contributed by atoms with Gasteiger partial charge in [-0.3, -0.25) is 4.79 Å². The molecule has 0 fully saturated rings. The summed E-state index contributed by atoms with van der Waals surface area (Å²) in [5.41, 5.74) is 0.227. The van der Waals surface area contributed by atoms with Gasteiger partial charge in [-0.05, 0) is 32.9 Å². The summed E-state index contributed by atoms with van der Waals surface area (Å²) < 4.78 is 5.14. The molecule has 0 saturated carbocycles.